The SMILES string of the molecule is CCCC[C@H](NC(=O)Cc1cc(C(F)(F)F)cc(C(F)(F)F)c1)C(N)=O. The van der Waals surface area contributed by atoms with E-state index in [0.717, 1.165) is 0 Å². The van der Waals surface area contributed by atoms with E-state index in [2.05, 4.69) is 5.32 Å². The number of hydrogen-bond donors (Lipinski definition) is 2. The third kappa shape index (κ3) is 6.57. The van der Waals surface area contributed by atoms with Crippen LogP contribution in [0.4, 0.5) is 26.3 Å². The highest BCUT2D eigenvalue weighted by atomic mass is 19.4. The summed E-state index contributed by atoms with van der Waals surface area (Å²) in [5, 5.41) is 2.24. The van der Waals surface area contributed by atoms with Crippen molar-refractivity contribution in [3.05, 3.63) is 34.9 Å². The van der Waals surface area contributed by atoms with Crippen molar-refractivity contribution in [2.24, 2.45) is 5.73 Å². The maximum Gasteiger partial charge on any atom is 0.416 e. The van der Waals surface area contributed by atoms with E-state index < -0.39 is 53.3 Å². The van der Waals surface area contributed by atoms with E-state index in [1.807, 2.05) is 6.92 Å². The molecule has 0 heterocycles. The molecule has 4 nitrogen and oxygen atoms in total. The first-order valence-electron chi connectivity index (χ1n) is 7.71. The van der Waals surface area contributed by atoms with Gasteiger partial charge in [0.1, 0.15) is 6.04 Å². The maximum atomic E-state index is 12.8. The van der Waals surface area contributed by atoms with Gasteiger partial charge in [-0.25, -0.2) is 0 Å². The number of nitrogens with one attached hydrogen (secondary N) is 1. The summed E-state index contributed by atoms with van der Waals surface area (Å²) >= 11 is 0. The fourth-order valence-electron chi connectivity index (χ4n) is 2.25. The fraction of sp³-hybridized carbons (Fsp3) is 0.500. The summed E-state index contributed by atoms with van der Waals surface area (Å²) in [6.07, 6.45) is -9.23. The molecule has 0 aliphatic carbocycles. The predicted octanol–water partition coefficient (Wildman–Crippen LogP) is 3.43. The Morgan fingerprint density at radius 2 is 1.54 bits per heavy atom. The van der Waals surface area contributed by atoms with Crippen molar-refractivity contribution in [3.8, 4) is 0 Å². The minimum atomic E-state index is -5.00. The van der Waals surface area contributed by atoms with Crippen LogP contribution >= 0.6 is 0 Å². The molecule has 0 bridgehead atoms. The molecular weight excluding hydrogens is 366 g/mol. The first kappa shape index (κ1) is 21.8. The van der Waals surface area contributed by atoms with Crippen LogP contribution in [0.1, 0.15) is 42.9 Å². The van der Waals surface area contributed by atoms with Crippen molar-refractivity contribution in [1.82, 2.24) is 5.32 Å². The number of alkyl halides is 6. The van der Waals surface area contributed by atoms with E-state index in [1.54, 1.807) is 0 Å². The van der Waals surface area contributed by atoms with Gasteiger partial charge in [-0.15, -0.1) is 0 Å². The van der Waals surface area contributed by atoms with E-state index in [4.69, 9.17) is 5.73 Å². The third-order valence-corrected chi connectivity index (χ3v) is 3.54. The van der Waals surface area contributed by atoms with Crippen LogP contribution in [0.25, 0.3) is 0 Å². The number of benzene rings is 1. The highest BCUT2D eigenvalue weighted by Crippen LogP contribution is 2.36. The number of amides is 2. The zero-order valence-electron chi connectivity index (χ0n) is 13.8. The number of carbonyl (C=O) groups excluding carboxylic acids is 2. The molecule has 0 unspecified atom stereocenters. The fourth-order valence-corrected chi connectivity index (χ4v) is 2.25. The second-order valence-electron chi connectivity index (χ2n) is 5.76. The third-order valence-electron chi connectivity index (χ3n) is 3.54. The van der Waals surface area contributed by atoms with Crippen LogP contribution in [0.3, 0.4) is 0 Å². The Labute approximate surface area is 145 Å². The average molecular weight is 384 g/mol. The molecule has 0 saturated carbocycles. The van der Waals surface area contributed by atoms with Crippen LogP contribution in [0.2, 0.25) is 0 Å². The van der Waals surface area contributed by atoms with Gasteiger partial charge < -0.3 is 11.1 Å². The number of hydrogen-bond acceptors (Lipinski definition) is 2. The maximum absolute atomic E-state index is 12.8. The molecule has 0 aliphatic heterocycles. The number of rotatable bonds is 7. The van der Waals surface area contributed by atoms with Crippen molar-refractivity contribution in [2.75, 3.05) is 0 Å². The van der Waals surface area contributed by atoms with E-state index in [9.17, 15) is 35.9 Å². The van der Waals surface area contributed by atoms with Gasteiger partial charge in [0.25, 0.3) is 0 Å². The Balaban J connectivity index is 3.04. The lowest BCUT2D eigenvalue weighted by Crippen LogP contribution is -2.45. The highest BCUT2D eigenvalue weighted by molar-refractivity contribution is 5.87. The quantitative estimate of drug-likeness (QED) is 0.707. The summed E-state index contributed by atoms with van der Waals surface area (Å²) in [6.45, 7) is 1.83. The molecule has 0 aliphatic rings. The highest BCUT2D eigenvalue weighted by Gasteiger charge is 2.37. The van der Waals surface area contributed by atoms with Gasteiger partial charge in [-0.2, -0.15) is 26.3 Å². The van der Waals surface area contributed by atoms with Crippen molar-refractivity contribution in [1.29, 1.82) is 0 Å². The van der Waals surface area contributed by atoms with Crippen LogP contribution in [-0.2, 0) is 28.4 Å². The lowest BCUT2D eigenvalue weighted by atomic mass is 10.0. The first-order valence-corrected chi connectivity index (χ1v) is 7.71. The van der Waals surface area contributed by atoms with Crippen molar-refractivity contribution in [3.63, 3.8) is 0 Å². The monoisotopic (exact) mass is 384 g/mol. The number of unbranched alkanes of at least 4 members (excludes halogenated alkanes) is 1. The summed E-state index contributed by atoms with van der Waals surface area (Å²) in [7, 11) is 0. The number of carbonyl (C=O) groups is 2. The van der Waals surface area contributed by atoms with Crippen LogP contribution < -0.4 is 11.1 Å². The zero-order chi connectivity index (χ0) is 20.1. The van der Waals surface area contributed by atoms with E-state index in [1.165, 1.54) is 0 Å². The Morgan fingerprint density at radius 3 is 1.92 bits per heavy atom. The number of halogens is 6. The molecule has 1 aromatic rings. The van der Waals surface area contributed by atoms with Gasteiger partial charge >= 0.3 is 12.4 Å². The minimum absolute atomic E-state index is 0.0190. The molecule has 0 fully saturated rings. The second kappa shape index (κ2) is 8.41. The molecule has 10 heteroatoms. The molecule has 0 aromatic heterocycles. The van der Waals surface area contributed by atoms with Gasteiger partial charge in [0, 0.05) is 0 Å². The van der Waals surface area contributed by atoms with Gasteiger partial charge in [0.15, 0.2) is 0 Å². The van der Waals surface area contributed by atoms with Gasteiger partial charge in [-0.3, -0.25) is 9.59 Å². The van der Waals surface area contributed by atoms with Crippen molar-refractivity contribution in [2.45, 2.75) is 51.0 Å². The van der Waals surface area contributed by atoms with E-state index >= 15 is 0 Å². The number of primary amides is 1. The summed E-state index contributed by atoms with van der Waals surface area (Å²) in [6, 6.07) is -0.106. The molecule has 1 rings (SSSR count). The Hall–Kier alpha value is -2.26. The van der Waals surface area contributed by atoms with E-state index in [0.29, 0.717) is 25.0 Å². The molecule has 3 N–H and O–H groups in total. The molecule has 146 valence electrons. The summed E-state index contributed by atoms with van der Waals surface area (Å²) < 4.78 is 76.8. The average Bonchev–Trinajstić information content (AvgIpc) is 2.49. The smallest absolute Gasteiger partial charge is 0.368 e. The Kier molecular flexibility index (Phi) is 7.05. The molecule has 0 spiro atoms. The normalized spacial score (nSPS) is 13.3. The molecule has 26 heavy (non-hydrogen) atoms. The molecule has 1 aromatic carbocycles. The van der Waals surface area contributed by atoms with Crippen LogP contribution in [-0.4, -0.2) is 17.9 Å². The standard InChI is InChI=1S/C16H18F6N2O2/c1-2-3-4-12(14(23)26)24-13(25)7-9-5-10(15(17,18)19)8-11(6-9)16(20,21)22/h5-6,8,12H,2-4,7H2,1H3,(H2,23,26)(H,24,25)/t12-/m0/s1. The van der Waals surface area contributed by atoms with Gasteiger partial charge in [-0.05, 0) is 30.2 Å². The summed E-state index contributed by atoms with van der Waals surface area (Å²) in [5.41, 5.74) is 1.65. The van der Waals surface area contributed by atoms with Crippen LogP contribution in [0, 0.1) is 0 Å². The number of nitrogens with two attached hydrogens (primary N) is 1. The Morgan fingerprint density at radius 1 is 1.04 bits per heavy atom. The molecular formula is C16H18F6N2O2. The predicted molar refractivity (Wildman–Crippen MR) is 80.8 cm³/mol. The lowest BCUT2D eigenvalue weighted by Gasteiger charge is -2.17. The van der Waals surface area contributed by atoms with Gasteiger partial charge in [0.2, 0.25) is 11.8 Å². The summed E-state index contributed by atoms with van der Waals surface area (Å²) in [4.78, 5) is 23.2. The summed E-state index contributed by atoms with van der Waals surface area (Å²) in [5.74, 6) is -1.72. The molecule has 1 atom stereocenters. The second-order valence-corrected chi connectivity index (χ2v) is 5.76. The Bertz CT molecular complexity index is 623. The molecule has 0 saturated heterocycles. The van der Waals surface area contributed by atoms with Crippen molar-refractivity contribution >= 4 is 11.8 Å². The minimum Gasteiger partial charge on any atom is -0.368 e. The first-order chi connectivity index (χ1) is 11.8. The molecule has 0 radical (unpaired) electrons. The molecule has 2 amide bonds. The lowest BCUT2D eigenvalue weighted by molar-refractivity contribution is -0.143. The van der Waals surface area contributed by atoms with Crippen LogP contribution in [0.5, 0.6) is 0 Å². The van der Waals surface area contributed by atoms with Gasteiger partial charge in [0.05, 0.1) is 17.5 Å². The van der Waals surface area contributed by atoms with Crippen molar-refractivity contribution < 1.29 is 35.9 Å². The van der Waals surface area contributed by atoms with Crippen LogP contribution in [0.15, 0.2) is 18.2 Å². The zero-order valence-corrected chi connectivity index (χ0v) is 13.8. The van der Waals surface area contributed by atoms with Gasteiger partial charge in [-0.1, -0.05) is 19.8 Å². The largest absolute Gasteiger partial charge is 0.416 e. The topological polar surface area (TPSA) is 72.2 Å². The van der Waals surface area contributed by atoms with E-state index in [-0.39, 0.29) is 12.5 Å².